The minimum atomic E-state index is 0.342. The molecule has 2 N–H and O–H groups in total. The molecule has 0 unspecified atom stereocenters. The number of aromatic nitrogens is 6. The normalized spacial score (nSPS) is 19.7. The molecule has 0 aromatic carbocycles. The maximum Gasteiger partial charge on any atom is 0.228 e. The van der Waals surface area contributed by atoms with Gasteiger partial charge in [-0.15, -0.1) is 10.2 Å². The number of pyridine rings is 1. The Bertz CT molecular complexity index is 1140. The predicted octanol–water partition coefficient (Wildman–Crippen LogP) is 3.05. The number of fused-ring (bicyclic) bond motifs is 2. The first-order valence-electron chi connectivity index (χ1n) is 9.77. The van der Waals surface area contributed by atoms with E-state index in [1.54, 1.807) is 20.5 Å². The monoisotopic (exact) mass is 393 g/mol. The van der Waals surface area contributed by atoms with Gasteiger partial charge >= 0.3 is 0 Å². The molecule has 29 heavy (non-hydrogen) atoms. The summed E-state index contributed by atoms with van der Waals surface area (Å²) in [5.74, 6) is 1.13. The SMILES string of the molecule is COc1nc(NC2CCC(OC)CC2)nc2[nH]cc(-c3ccc4nncn4c3)c12. The number of nitrogens with one attached hydrogen (secondary N) is 2. The third kappa shape index (κ3) is 3.27. The third-order valence-corrected chi connectivity index (χ3v) is 5.63. The Labute approximate surface area is 167 Å². The van der Waals surface area contributed by atoms with Gasteiger partial charge in [0.25, 0.3) is 0 Å². The summed E-state index contributed by atoms with van der Waals surface area (Å²) >= 11 is 0. The van der Waals surface area contributed by atoms with Crippen LogP contribution in [0.5, 0.6) is 5.88 Å². The van der Waals surface area contributed by atoms with Crippen LogP contribution >= 0.6 is 0 Å². The van der Waals surface area contributed by atoms with Crippen molar-refractivity contribution in [3.05, 3.63) is 30.9 Å². The molecule has 0 atom stereocenters. The molecule has 9 heteroatoms. The van der Waals surface area contributed by atoms with Crippen molar-refractivity contribution < 1.29 is 9.47 Å². The third-order valence-electron chi connectivity index (χ3n) is 5.63. The van der Waals surface area contributed by atoms with E-state index in [9.17, 15) is 0 Å². The molecule has 1 fully saturated rings. The molecule has 1 aliphatic rings. The lowest BCUT2D eigenvalue weighted by molar-refractivity contribution is 0.0681. The number of methoxy groups -OCH3 is 2. The van der Waals surface area contributed by atoms with Crippen molar-refractivity contribution in [2.24, 2.45) is 0 Å². The van der Waals surface area contributed by atoms with Crippen LogP contribution < -0.4 is 10.1 Å². The Balaban J connectivity index is 1.47. The van der Waals surface area contributed by atoms with Gasteiger partial charge in [0.15, 0.2) is 5.65 Å². The van der Waals surface area contributed by atoms with Crippen LogP contribution in [0.2, 0.25) is 0 Å². The minimum Gasteiger partial charge on any atom is -0.480 e. The highest BCUT2D eigenvalue weighted by Crippen LogP contribution is 2.34. The second kappa shape index (κ2) is 7.32. The van der Waals surface area contributed by atoms with E-state index in [-0.39, 0.29) is 0 Å². The van der Waals surface area contributed by atoms with Crippen molar-refractivity contribution in [2.75, 3.05) is 19.5 Å². The second-order valence-electron chi connectivity index (χ2n) is 7.35. The zero-order valence-corrected chi connectivity index (χ0v) is 16.4. The zero-order chi connectivity index (χ0) is 19.8. The molecular weight excluding hydrogens is 370 g/mol. The van der Waals surface area contributed by atoms with Crippen molar-refractivity contribution in [1.29, 1.82) is 0 Å². The van der Waals surface area contributed by atoms with Crippen LogP contribution in [0, 0.1) is 0 Å². The molecule has 0 spiro atoms. The largest absolute Gasteiger partial charge is 0.480 e. The number of ether oxygens (including phenoxy) is 2. The first kappa shape index (κ1) is 17.9. The van der Waals surface area contributed by atoms with Crippen LogP contribution in [0.15, 0.2) is 30.9 Å². The fourth-order valence-corrected chi connectivity index (χ4v) is 4.05. The number of hydrogen-bond donors (Lipinski definition) is 2. The summed E-state index contributed by atoms with van der Waals surface area (Å²) < 4.78 is 13.0. The first-order valence-corrected chi connectivity index (χ1v) is 9.77. The standard InChI is InChI=1S/C20H23N7O2/c1-28-14-6-4-13(5-7-14)23-20-24-18-17(19(25-20)29-2)15(9-21-18)12-3-8-16-26-22-11-27(16)10-12/h3,8-11,13-14H,4-7H2,1-2H3,(H2,21,23,24,25). The van der Waals surface area contributed by atoms with E-state index in [0.29, 0.717) is 24.0 Å². The molecule has 0 radical (unpaired) electrons. The van der Waals surface area contributed by atoms with Gasteiger partial charge in [0.05, 0.1) is 18.6 Å². The average molecular weight is 393 g/mol. The van der Waals surface area contributed by atoms with Gasteiger partial charge in [-0.2, -0.15) is 9.97 Å². The van der Waals surface area contributed by atoms with Gasteiger partial charge in [0.1, 0.15) is 12.0 Å². The molecule has 0 bridgehead atoms. The van der Waals surface area contributed by atoms with Gasteiger partial charge < -0.3 is 19.8 Å². The molecule has 0 saturated heterocycles. The number of hydrogen-bond acceptors (Lipinski definition) is 7. The fraction of sp³-hybridized carbons (Fsp3) is 0.400. The smallest absolute Gasteiger partial charge is 0.228 e. The quantitative estimate of drug-likeness (QED) is 0.537. The summed E-state index contributed by atoms with van der Waals surface area (Å²) in [6.07, 6.45) is 10.1. The Morgan fingerprint density at radius 2 is 2.00 bits per heavy atom. The molecule has 150 valence electrons. The van der Waals surface area contributed by atoms with Crippen molar-refractivity contribution in [3.63, 3.8) is 0 Å². The van der Waals surface area contributed by atoms with Crippen LogP contribution in [0.25, 0.3) is 27.8 Å². The number of anilines is 1. The van der Waals surface area contributed by atoms with Gasteiger partial charge in [-0.05, 0) is 37.8 Å². The van der Waals surface area contributed by atoms with Crippen LogP contribution in [-0.4, -0.2) is 55.9 Å². The van der Waals surface area contributed by atoms with Crippen molar-refractivity contribution in [2.45, 2.75) is 37.8 Å². The Kier molecular flexibility index (Phi) is 4.51. The summed E-state index contributed by atoms with van der Waals surface area (Å²) in [5.41, 5.74) is 3.51. The van der Waals surface area contributed by atoms with Gasteiger partial charge in [-0.25, -0.2) is 0 Å². The summed E-state index contributed by atoms with van der Waals surface area (Å²) in [4.78, 5) is 12.6. The lowest BCUT2D eigenvalue weighted by Gasteiger charge is -2.28. The summed E-state index contributed by atoms with van der Waals surface area (Å²) in [5, 5.41) is 12.3. The molecule has 4 heterocycles. The minimum absolute atomic E-state index is 0.342. The Morgan fingerprint density at radius 1 is 1.14 bits per heavy atom. The molecule has 1 aliphatic carbocycles. The number of rotatable bonds is 5. The van der Waals surface area contributed by atoms with E-state index in [0.717, 1.165) is 53.5 Å². The zero-order valence-electron chi connectivity index (χ0n) is 16.4. The van der Waals surface area contributed by atoms with E-state index >= 15 is 0 Å². The lowest BCUT2D eigenvalue weighted by atomic mass is 9.93. The molecule has 4 aromatic rings. The highest BCUT2D eigenvalue weighted by molar-refractivity contribution is 5.97. The van der Waals surface area contributed by atoms with E-state index in [4.69, 9.17) is 14.5 Å². The maximum absolute atomic E-state index is 5.62. The fourth-order valence-electron chi connectivity index (χ4n) is 4.05. The molecule has 5 rings (SSSR count). The highest BCUT2D eigenvalue weighted by atomic mass is 16.5. The molecule has 9 nitrogen and oxygen atoms in total. The van der Waals surface area contributed by atoms with Gasteiger partial charge in [-0.1, -0.05) is 0 Å². The predicted molar refractivity (Wildman–Crippen MR) is 109 cm³/mol. The van der Waals surface area contributed by atoms with E-state index in [1.807, 2.05) is 28.9 Å². The second-order valence-corrected chi connectivity index (χ2v) is 7.35. The van der Waals surface area contributed by atoms with E-state index < -0.39 is 0 Å². The summed E-state index contributed by atoms with van der Waals surface area (Å²) in [7, 11) is 3.42. The topological polar surface area (TPSA) is 102 Å². The number of nitrogens with zero attached hydrogens (tertiary/aromatic N) is 5. The van der Waals surface area contributed by atoms with Crippen molar-refractivity contribution in [1.82, 2.24) is 29.5 Å². The first-order chi connectivity index (χ1) is 14.2. The highest BCUT2D eigenvalue weighted by Gasteiger charge is 2.22. The van der Waals surface area contributed by atoms with Crippen LogP contribution in [-0.2, 0) is 4.74 Å². The molecule has 1 saturated carbocycles. The van der Waals surface area contributed by atoms with Crippen LogP contribution in [0.4, 0.5) is 5.95 Å². The number of H-pyrrole nitrogens is 1. The van der Waals surface area contributed by atoms with Gasteiger partial charge in [-0.3, -0.25) is 4.40 Å². The Morgan fingerprint density at radius 3 is 2.79 bits per heavy atom. The van der Waals surface area contributed by atoms with E-state index in [2.05, 4.69) is 25.5 Å². The van der Waals surface area contributed by atoms with Crippen molar-refractivity contribution in [3.8, 4) is 17.0 Å². The summed E-state index contributed by atoms with van der Waals surface area (Å²) in [6.45, 7) is 0. The van der Waals surface area contributed by atoms with Crippen LogP contribution in [0.1, 0.15) is 25.7 Å². The average Bonchev–Trinajstić information content (AvgIpc) is 3.40. The summed E-state index contributed by atoms with van der Waals surface area (Å²) in [6, 6.07) is 4.28. The van der Waals surface area contributed by atoms with Gasteiger partial charge in [0, 0.05) is 36.7 Å². The number of aromatic amines is 1. The van der Waals surface area contributed by atoms with Gasteiger partial charge in [0.2, 0.25) is 11.8 Å². The maximum atomic E-state index is 5.62. The molecule has 0 amide bonds. The Hall–Kier alpha value is -3.20. The molecule has 0 aliphatic heterocycles. The van der Waals surface area contributed by atoms with Crippen LogP contribution in [0.3, 0.4) is 0 Å². The molecular formula is C20H23N7O2. The molecule has 4 aromatic heterocycles. The van der Waals surface area contributed by atoms with Crippen molar-refractivity contribution >= 4 is 22.6 Å². The lowest BCUT2D eigenvalue weighted by Crippen LogP contribution is -2.29. The van der Waals surface area contributed by atoms with E-state index in [1.165, 1.54) is 0 Å².